The molecule has 1 aromatic rings. The Hall–Kier alpha value is -0.900. The highest BCUT2D eigenvalue weighted by molar-refractivity contribution is 14.0. The van der Waals surface area contributed by atoms with Crippen molar-refractivity contribution in [3.05, 3.63) is 35.4 Å². The summed E-state index contributed by atoms with van der Waals surface area (Å²) in [5, 5.41) is 6.95. The third-order valence-corrected chi connectivity index (χ3v) is 5.84. The maximum absolute atomic E-state index is 6.05. The number of guanidine groups is 1. The van der Waals surface area contributed by atoms with Gasteiger partial charge < -0.3 is 24.8 Å². The van der Waals surface area contributed by atoms with Gasteiger partial charge >= 0.3 is 0 Å². The van der Waals surface area contributed by atoms with Crippen LogP contribution in [0.1, 0.15) is 50.2 Å². The second kappa shape index (κ2) is 11.5. The standard InChI is InChI=1S/C22H33N3O3.HI/c1-2-23-22(25-20-13-19-6-7-21(20)28-19)24-14-16-4-3-5-17(12-16)15-27-18-8-10-26-11-9-18;/h3-5,12,18-21H,2,6-11,13-15H2,1H3,(H2,23,24,25);1H. The fraction of sp³-hybridized carbons (Fsp3) is 0.682. The van der Waals surface area contributed by atoms with E-state index in [1.807, 2.05) is 0 Å². The van der Waals surface area contributed by atoms with E-state index in [2.05, 4.69) is 41.8 Å². The Bertz CT molecular complexity index is 666. The van der Waals surface area contributed by atoms with Crippen LogP contribution in [0.3, 0.4) is 0 Å². The minimum absolute atomic E-state index is 0. The van der Waals surface area contributed by atoms with E-state index >= 15 is 0 Å². The van der Waals surface area contributed by atoms with Crippen molar-refractivity contribution in [3.8, 4) is 0 Å². The normalized spacial score (nSPS) is 26.9. The van der Waals surface area contributed by atoms with Gasteiger partial charge in [0.1, 0.15) is 0 Å². The molecule has 4 rings (SSSR count). The molecule has 0 aromatic heterocycles. The van der Waals surface area contributed by atoms with Gasteiger partial charge in [-0.05, 0) is 50.2 Å². The molecule has 0 radical (unpaired) electrons. The van der Waals surface area contributed by atoms with Crippen molar-refractivity contribution in [3.63, 3.8) is 0 Å². The molecule has 3 fully saturated rings. The first-order valence-electron chi connectivity index (χ1n) is 10.8. The lowest BCUT2D eigenvalue weighted by Gasteiger charge is -2.23. The summed E-state index contributed by atoms with van der Waals surface area (Å²) in [6.45, 7) is 5.89. The Morgan fingerprint density at radius 3 is 2.72 bits per heavy atom. The SMILES string of the molecule is CCNC(=NCc1cccc(COC2CCOCC2)c1)NC1CC2CCC1O2.I. The topological polar surface area (TPSA) is 64.1 Å². The highest BCUT2D eigenvalue weighted by Crippen LogP contribution is 2.34. The molecule has 3 heterocycles. The number of hydrogen-bond donors (Lipinski definition) is 2. The van der Waals surface area contributed by atoms with Crippen LogP contribution >= 0.6 is 24.0 Å². The summed E-state index contributed by atoms with van der Waals surface area (Å²) in [4.78, 5) is 4.80. The molecule has 3 saturated heterocycles. The first kappa shape index (κ1) is 22.8. The van der Waals surface area contributed by atoms with E-state index < -0.39 is 0 Å². The third kappa shape index (κ3) is 6.54. The highest BCUT2D eigenvalue weighted by Gasteiger charge is 2.41. The number of nitrogens with zero attached hydrogens (tertiary/aromatic N) is 1. The van der Waals surface area contributed by atoms with Crippen molar-refractivity contribution in [1.82, 2.24) is 10.6 Å². The van der Waals surface area contributed by atoms with Crippen LogP contribution in [0, 0.1) is 0 Å². The molecule has 0 aliphatic carbocycles. The molecule has 3 aliphatic heterocycles. The van der Waals surface area contributed by atoms with E-state index in [9.17, 15) is 0 Å². The van der Waals surface area contributed by atoms with Crippen LogP contribution in [-0.4, -0.2) is 50.1 Å². The fourth-order valence-electron chi connectivity index (χ4n) is 4.33. The summed E-state index contributed by atoms with van der Waals surface area (Å²) in [6.07, 6.45) is 6.56. The van der Waals surface area contributed by atoms with E-state index in [1.165, 1.54) is 17.5 Å². The Morgan fingerprint density at radius 1 is 1.17 bits per heavy atom. The lowest BCUT2D eigenvalue weighted by atomic mass is 9.96. The second-order valence-corrected chi connectivity index (χ2v) is 8.00. The van der Waals surface area contributed by atoms with Crippen LogP contribution in [0.5, 0.6) is 0 Å². The maximum Gasteiger partial charge on any atom is 0.191 e. The predicted octanol–water partition coefficient (Wildman–Crippen LogP) is 3.38. The van der Waals surface area contributed by atoms with Gasteiger partial charge in [0.25, 0.3) is 0 Å². The molecule has 2 N–H and O–H groups in total. The Balaban J connectivity index is 0.00000240. The zero-order valence-corrected chi connectivity index (χ0v) is 19.6. The van der Waals surface area contributed by atoms with Crippen molar-refractivity contribution in [2.24, 2.45) is 4.99 Å². The zero-order valence-electron chi connectivity index (χ0n) is 17.3. The van der Waals surface area contributed by atoms with Crippen molar-refractivity contribution in [2.75, 3.05) is 19.8 Å². The number of rotatable bonds is 7. The summed E-state index contributed by atoms with van der Waals surface area (Å²) in [6, 6.07) is 8.94. The molecule has 7 heteroatoms. The van der Waals surface area contributed by atoms with Gasteiger partial charge in [-0.2, -0.15) is 0 Å². The van der Waals surface area contributed by atoms with E-state index in [4.69, 9.17) is 19.2 Å². The number of hydrogen-bond acceptors (Lipinski definition) is 4. The van der Waals surface area contributed by atoms with Gasteiger partial charge in [-0.25, -0.2) is 4.99 Å². The average molecular weight is 515 g/mol. The lowest BCUT2D eigenvalue weighted by Crippen LogP contribution is -2.47. The number of benzene rings is 1. The largest absolute Gasteiger partial charge is 0.381 e. The minimum Gasteiger partial charge on any atom is -0.381 e. The quantitative estimate of drug-likeness (QED) is 0.331. The minimum atomic E-state index is 0. The molecular weight excluding hydrogens is 481 g/mol. The number of halogens is 1. The van der Waals surface area contributed by atoms with Crippen molar-refractivity contribution >= 4 is 29.9 Å². The van der Waals surface area contributed by atoms with Crippen molar-refractivity contribution < 1.29 is 14.2 Å². The Morgan fingerprint density at radius 2 is 2.00 bits per heavy atom. The molecule has 2 bridgehead atoms. The molecule has 3 unspecified atom stereocenters. The number of fused-ring (bicyclic) bond motifs is 2. The van der Waals surface area contributed by atoms with Gasteiger partial charge in [-0.1, -0.05) is 24.3 Å². The average Bonchev–Trinajstić information content (AvgIpc) is 3.35. The molecule has 0 saturated carbocycles. The maximum atomic E-state index is 6.05. The van der Waals surface area contributed by atoms with Gasteiger partial charge in [-0.15, -0.1) is 24.0 Å². The first-order chi connectivity index (χ1) is 13.8. The first-order valence-corrected chi connectivity index (χ1v) is 10.8. The molecule has 3 aliphatic rings. The van der Waals surface area contributed by atoms with E-state index in [0.29, 0.717) is 37.5 Å². The van der Waals surface area contributed by atoms with Crippen molar-refractivity contribution in [2.45, 2.75) is 76.5 Å². The number of nitrogens with one attached hydrogen (secondary N) is 2. The summed E-state index contributed by atoms with van der Waals surface area (Å²) in [5.74, 6) is 0.882. The number of ether oxygens (including phenoxy) is 3. The van der Waals surface area contributed by atoms with Crippen LogP contribution in [-0.2, 0) is 27.4 Å². The molecule has 162 valence electrons. The van der Waals surface area contributed by atoms with Gasteiger partial charge in [0.2, 0.25) is 0 Å². The molecule has 3 atom stereocenters. The van der Waals surface area contributed by atoms with Gasteiger partial charge in [0, 0.05) is 19.8 Å². The van der Waals surface area contributed by atoms with Gasteiger partial charge in [0.15, 0.2) is 5.96 Å². The summed E-state index contributed by atoms with van der Waals surface area (Å²) < 4.78 is 17.4. The monoisotopic (exact) mass is 515 g/mol. The van der Waals surface area contributed by atoms with Crippen LogP contribution in [0.25, 0.3) is 0 Å². The molecule has 0 amide bonds. The van der Waals surface area contributed by atoms with E-state index in [-0.39, 0.29) is 24.0 Å². The molecule has 29 heavy (non-hydrogen) atoms. The van der Waals surface area contributed by atoms with Gasteiger partial charge in [0.05, 0.1) is 37.5 Å². The van der Waals surface area contributed by atoms with Crippen LogP contribution in [0.15, 0.2) is 29.3 Å². The van der Waals surface area contributed by atoms with E-state index in [0.717, 1.165) is 51.4 Å². The Labute approximate surface area is 191 Å². The van der Waals surface area contributed by atoms with Gasteiger partial charge in [-0.3, -0.25) is 0 Å². The van der Waals surface area contributed by atoms with Crippen molar-refractivity contribution in [1.29, 1.82) is 0 Å². The summed E-state index contributed by atoms with van der Waals surface area (Å²) in [7, 11) is 0. The zero-order chi connectivity index (χ0) is 19.2. The van der Waals surface area contributed by atoms with Crippen LogP contribution in [0.2, 0.25) is 0 Å². The van der Waals surface area contributed by atoms with E-state index in [1.54, 1.807) is 0 Å². The predicted molar refractivity (Wildman–Crippen MR) is 125 cm³/mol. The Kier molecular flexibility index (Phi) is 9.02. The number of aliphatic imine (C=N–C) groups is 1. The van der Waals surface area contributed by atoms with Crippen LogP contribution < -0.4 is 10.6 Å². The smallest absolute Gasteiger partial charge is 0.191 e. The molecule has 0 spiro atoms. The molecular formula is C22H34IN3O3. The molecule has 1 aromatic carbocycles. The highest BCUT2D eigenvalue weighted by atomic mass is 127. The summed E-state index contributed by atoms with van der Waals surface area (Å²) in [5.41, 5.74) is 2.41. The fourth-order valence-corrected chi connectivity index (χ4v) is 4.33. The summed E-state index contributed by atoms with van der Waals surface area (Å²) >= 11 is 0. The van der Waals surface area contributed by atoms with Crippen LogP contribution in [0.4, 0.5) is 0 Å². The second-order valence-electron chi connectivity index (χ2n) is 8.00. The third-order valence-electron chi connectivity index (χ3n) is 5.84. The lowest BCUT2D eigenvalue weighted by molar-refractivity contribution is -0.0390. The molecule has 6 nitrogen and oxygen atoms in total.